The molecule has 2 aromatic heterocycles. The van der Waals surface area contributed by atoms with Gasteiger partial charge in [-0.15, -0.1) is 0 Å². The predicted molar refractivity (Wildman–Crippen MR) is 101 cm³/mol. The Morgan fingerprint density at radius 2 is 1.88 bits per heavy atom. The topological polar surface area (TPSA) is 101 Å². The van der Waals surface area contributed by atoms with Gasteiger partial charge < -0.3 is 10.2 Å². The Hall–Kier alpha value is -2.81. The van der Waals surface area contributed by atoms with Gasteiger partial charge in [0.05, 0.1) is 22.7 Å². The number of anilines is 2. The lowest BCUT2D eigenvalue weighted by Gasteiger charge is -2.13. The molecule has 2 heterocycles. The summed E-state index contributed by atoms with van der Waals surface area (Å²) in [6.45, 7) is 2.34. The Morgan fingerprint density at radius 1 is 1.12 bits per heavy atom. The first-order valence-electron chi connectivity index (χ1n) is 7.94. The summed E-state index contributed by atoms with van der Waals surface area (Å²) < 4.78 is 23.6. The summed E-state index contributed by atoms with van der Waals surface area (Å²) in [4.78, 5) is 19.4. The third-order valence-corrected chi connectivity index (χ3v) is 4.88. The molecule has 3 aromatic rings. The van der Waals surface area contributed by atoms with Crippen LogP contribution in [0.25, 0.3) is 10.9 Å². The number of aromatic nitrogens is 4. The standard InChI is InChI=1S/C17H20N6O2S/c1-11-7-12(22-17(21-11)23(2)3)9-18-16-14-8-13(26(4,24)25)5-6-15(14)19-10-20-16/h5-8,10H,9H2,1-4H3,(H,18,19,20). The van der Waals surface area contributed by atoms with Gasteiger partial charge in [-0.1, -0.05) is 0 Å². The summed E-state index contributed by atoms with van der Waals surface area (Å²) in [7, 11) is 0.463. The van der Waals surface area contributed by atoms with Gasteiger partial charge in [-0.25, -0.2) is 28.4 Å². The Balaban J connectivity index is 1.94. The Bertz CT molecular complexity index is 1070. The fourth-order valence-corrected chi connectivity index (χ4v) is 3.14. The SMILES string of the molecule is Cc1cc(CNc2ncnc3ccc(S(C)(=O)=O)cc23)nc(N(C)C)n1. The molecule has 1 aromatic carbocycles. The molecule has 0 aliphatic carbocycles. The molecule has 0 radical (unpaired) electrons. The molecule has 0 amide bonds. The molecule has 0 aliphatic heterocycles. The molecule has 1 N–H and O–H groups in total. The van der Waals surface area contributed by atoms with Crippen LogP contribution in [0.1, 0.15) is 11.4 Å². The van der Waals surface area contributed by atoms with Crippen molar-refractivity contribution in [1.82, 2.24) is 19.9 Å². The van der Waals surface area contributed by atoms with E-state index < -0.39 is 9.84 Å². The summed E-state index contributed by atoms with van der Waals surface area (Å²) in [6.07, 6.45) is 2.62. The van der Waals surface area contributed by atoms with Crippen molar-refractivity contribution in [3.05, 3.63) is 42.0 Å². The maximum absolute atomic E-state index is 11.8. The summed E-state index contributed by atoms with van der Waals surface area (Å²) >= 11 is 0. The second-order valence-corrected chi connectivity index (χ2v) is 8.24. The van der Waals surface area contributed by atoms with E-state index in [1.54, 1.807) is 18.2 Å². The zero-order chi connectivity index (χ0) is 18.9. The fraction of sp³-hybridized carbons (Fsp3) is 0.294. The fourth-order valence-electron chi connectivity index (χ4n) is 2.49. The third-order valence-electron chi connectivity index (χ3n) is 3.77. The number of fused-ring (bicyclic) bond motifs is 1. The number of hydrogen-bond donors (Lipinski definition) is 1. The highest BCUT2D eigenvalue weighted by Crippen LogP contribution is 2.23. The quantitative estimate of drug-likeness (QED) is 0.724. The molecule has 8 nitrogen and oxygen atoms in total. The van der Waals surface area contributed by atoms with E-state index in [-0.39, 0.29) is 4.90 Å². The van der Waals surface area contributed by atoms with Crippen molar-refractivity contribution in [3.8, 4) is 0 Å². The van der Waals surface area contributed by atoms with Crippen LogP contribution in [-0.4, -0.2) is 48.7 Å². The predicted octanol–water partition coefficient (Wildman–Crippen LogP) is 1.81. The van der Waals surface area contributed by atoms with E-state index in [1.807, 2.05) is 32.0 Å². The van der Waals surface area contributed by atoms with Gasteiger partial charge in [0.25, 0.3) is 0 Å². The molecule has 0 bridgehead atoms. The van der Waals surface area contributed by atoms with Crippen LogP contribution in [0.4, 0.5) is 11.8 Å². The lowest BCUT2D eigenvalue weighted by atomic mass is 10.2. The van der Waals surface area contributed by atoms with Crippen LogP contribution in [0.5, 0.6) is 0 Å². The minimum atomic E-state index is -3.31. The largest absolute Gasteiger partial charge is 0.364 e. The number of nitrogens with one attached hydrogen (secondary N) is 1. The van der Waals surface area contributed by atoms with Crippen molar-refractivity contribution in [1.29, 1.82) is 0 Å². The number of nitrogens with zero attached hydrogens (tertiary/aromatic N) is 5. The van der Waals surface area contributed by atoms with Gasteiger partial charge in [0.2, 0.25) is 5.95 Å². The van der Waals surface area contributed by atoms with Gasteiger partial charge in [-0.2, -0.15) is 0 Å². The number of benzene rings is 1. The van der Waals surface area contributed by atoms with Gasteiger partial charge in [-0.05, 0) is 31.2 Å². The van der Waals surface area contributed by atoms with Crippen LogP contribution in [0, 0.1) is 6.92 Å². The zero-order valence-electron chi connectivity index (χ0n) is 15.1. The lowest BCUT2D eigenvalue weighted by molar-refractivity contribution is 0.602. The normalized spacial score (nSPS) is 11.5. The average Bonchev–Trinajstić information content (AvgIpc) is 2.58. The number of sulfone groups is 1. The molecule has 0 atom stereocenters. The highest BCUT2D eigenvalue weighted by atomic mass is 32.2. The molecule has 136 valence electrons. The first-order chi connectivity index (χ1) is 12.2. The minimum absolute atomic E-state index is 0.232. The van der Waals surface area contributed by atoms with Gasteiger partial charge in [-0.3, -0.25) is 0 Å². The third kappa shape index (κ3) is 3.88. The minimum Gasteiger partial charge on any atom is -0.364 e. The van der Waals surface area contributed by atoms with Gasteiger partial charge >= 0.3 is 0 Å². The summed E-state index contributed by atoms with van der Waals surface area (Å²) in [5, 5.41) is 3.87. The zero-order valence-corrected chi connectivity index (χ0v) is 15.9. The molecule has 0 fully saturated rings. The van der Waals surface area contributed by atoms with Crippen LogP contribution >= 0.6 is 0 Å². The monoisotopic (exact) mass is 372 g/mol. The Kier molecular flexibility index (Phi) is 4.73. The van der Waals surface area contributed by atoms with E-state index in [0.717, 1.165) is 11.4 Å². The second-order valence-electron chi connectivity index (χ2n) is 6.22. The number of rotatable bonds is 5. The molecular formula is C17H20N6O2S. The molecule has 0 spiro atoms. The molecule has 0 saturated carbocycles. The van der Waals surface area contributed by atoms with E-state index in [0.29, 0.717) is 29.2 Å². The van der Waals surface area contributed by atoms with Crippen molar-refractivity contribution in [2.45, 2.75) is 18.4 Å². The van der Waals surface area contributed by atoms with E-state index in [4.69, 9.17) is 0 Å². The smallest absolute Gasteiger partial charge is 0.225 e. The molecule has 0 saturated heterocycles. The van der Waals surface area contributed by atoms with Crippen molar-refractivity contribution in [3.63, 3.8) is 0 Å². The highest BCUT2D eigenvalue weighted by Gasteiger charge is 2.11. The first-order valence-corrected chi connectivity index (χ1v) is 9.84. The molecule has 0 unspecified atom stereocenters. The molecule has 0 aliphatic rings. The van der Waals surface area contributed by atoms with Gasteiger partial charge in [0, 0.05) is 31.4 Å². The van der Waals surface area contributed by atoms with Gasteiger partial charge in [0.1, 0.15) is 12.1 Å². The van der Waals surface area contributed by atoms with Crippen molar-refractivity contribution < 1.29 is 8.42 Å². The highest BCUT2D eigenvalue weighted by molar-refractivity contribution is 7.90. The lowest BCUT2D eigenvalue weighted by Crippen LogP contribution is -2.15. The maximum Gasteiger partial charge on any atom is 0.225 e. The van der Waals surface area contributed by atoms with Crippen LogP contribution in [-0.2, 0) is 16.4 Å². The van der Waals surface area contributed by atoms with Crippen molar-refractivity contribution >= 4 is 32.5 Å². The van der Waals surface area contributed by atoms with E-state index in [1.165, 1.54) is 12.6 Å². The molecule has 26 heavy (non-hydrogen) atoms. The Labute approximate surface area is 152 Å². The van der Waals surface area contributed by atoms with Crippen LogP contribution < -0.4 is 10.2 Å². The maximum atomic E-state index is 11.8. The Morgan fingerprint density at radius 3 is 2.58 bits per heavy atom. The molecule has 3 rings (SSSR count). The van der Waals surface area contributed by atoms with Crippen molar-refractivity contribution in [2.75, 3.05) is 30.6 Å². The van der Waals surface area contributed by atoms with E-state index in [2.05, 4.69) is 25.3 Å². The molecular weight excluding hydrogens is 352 g/mol. The van der Waals surface area contributed by atoms with Crippen LogP contribution in [0.2, 0.25) is 0 Å². The number of hydrogen-bond acceptors (Lipinski definition) is 8. The van der Waals surface area contributed by atoms with E-state index in [9.17, 15) is 8.42 Å². The van der Waals surface area contributed by atoms with Gasteiger partial charge in [0.15, 0.2) is 9.84 Å². The summed E-state index contributed by atoms with van der Waals surface area (Å²) in [6, 6.07) is 6.71. The van der Waals surface area contributed by atoms with Crippen molar-refractivity contribution in [2.24, 2.45) is 0 Å². The second kappa shape index (κ2) is 6.83. The van der Waals surface area contributed by atoms with Crippen LogP contribution in [0.3, 0.4) is 0 Å². The average molecular weight is 372 g/mol. The molecule has 9 heteroatoms. The number of aryl methyl sites for hydroxylation is 1. The van der Waals surface area contributed by atoms with E-state index >= 15 is 0 Å². The van der Waals surface area contributed by atoms with Crippen LogP contribution in [0.15, 0.2) is 35.5 Å². The summed E-state index contributed by atoms with van der Waals surface area (Å²) in [5.41, 5.74) is 2.35. The first kappa shape index (κ1) is 18.0. The summed E-state index contributed by atoms with van der Waals surface area (Å²) in [5.74, 6) is 1.19.